The number of hydrogen-bond acceptors (Lipinski definition) is 4. The number of halogens is 4. The van der Waals surface area contributed by atoms with Crippen LogP contribution in [0.3, 0.4) is 0 Å². The summed E-state index contributed by atoms with van der Waals surface area (Å²) in [5.41, 5.74) is 2.22. The third-order valence-electron chi connectivity index (χ3n) is 2.82. The molecule has 6 nitrogen and oxygen atoms in total. The number of alkyl halides is 3. The third-order valence-corrected chi connectivity index (χ3v) is 3.11. The smallest absolute Gasteiger partial charge is 0.417 e. The van der Waals surface area contributed by atoms with E-state index in [1.54, 1.807) is 0 Å². The lowest BCUT2D eigenvalue weighted by Gasteiger charge is -2.10. The van der Waals surface area contributed by atoms with Crippen LogP contribution < -0.4 is 10.9 Å². The molecule has 2 aromatic rings. The number of amides is 2. The van der Waals surface area contributed by atoms with Crippen molar-refractivity contribution in [3.8, 4) is 5.75 Å². The molecule has 0 aliphatic rings. The van der Waals surface area contributed by atoms with Gasteiger partial charge in [-0.25, -0.2) is 4.98 Å². The zero-order valence-electron chi connectivity index (χ0n) is 11.7. The Balaban J connectivity index is 2.08. The molecule has 1 heterocycles. The number of carbonyl (C=O) groups excluding carboxylic acids is 2. The Morgan fingerprint density at radius 2 is 1.75 bits per heavy atom. The second-order valence-corrected chi connectivity index (χ2v) is 4.88. The molecule has 0 unspecified atom stereocenters. The second kappa shape index (κ2) is 6.75. The molecule has 0 saturated heterocycles. The quantitative estimate of drug-likeness (QED) is 0.719. The van der Waals surface area contributed by atoms with Gasteiger partial charge in [0.25, 0.3) is 11.8 Å². The van der Waals surface area contributed by atoms with Crippen LogP contribution in [-0.4, -0.2) is 21.9 Å². The number of aromatic nitrogens is 1. The van der Waals surface area contributed by atoms with Gasteiger partial charge in [-0.15, -0.1) is 0 Å². The molecule has 10 heteroatoms. The SMILES string of the molecule is O=C(NNC(=O)c1ncc(C(F)(F)F)cc1Cl)c1ccccc1O. The summed E-state index contributed by atoms with van der Waals surface area (Å²) in [6, 6.07) is 6.11. The molecule has 0 bridgehead atoms. The maximum Gasteiger partial charge on any atom is 0.417 e. The molecule has 0 aliphatic carbocycles. The van der Waals surface area contributed by atoms with Gasteiger partial charge in [-0.05, 0) is 18.2 Å². The Hall–Kier alpha value is -2.81. The van der Waals surface area contributed by atoms with E-state index in [0.717, 1.165) is 0 Å². The van der Waals surface area contributed by atoms with Gasteiger partial charge in [0, 0.05) is 6.20 Å². The molecule has 1 aromatic carbocycles. The molecule has 2 rings (SSSR count). The van der Waals surface area contributed by atoms with Gasteiger partial charge in [0.2, 0.25) is 0 Å². The number of hydrogen-bond donors (Lipinski definition) is 3. The highest BCUT2D eigenvalue weighted by Crippen LogP contribution is 2.30. The summed E-state index contributed by atoms with van der Waals surface area (Å²) in [6.45, 7) is 0. The number of nitrogens with zero attached hydrogens (tertiary/aromatic N) is 1. The molecule has 0 saturated carbocycles. The minimum atomic E-state index is -4.65. The predicted molar refractivity (Wildman–Crippen MR) is 77.3 cm³/mol. The van der Waals surface area contributed by atoms with Crippen molar-refractivity contribution >= 4 is 23.4 Å². The first-order chi connectivity index (χ1) is 11.2. The molecule has 0 atom stereocenters. The monoisotopic (exact) mass is 359 g/mol. The minimum absolute atomic E-state index is 0.107. The molecule has 126 valence electrons. The highest BCUT2D eigenvalue weighted by Gasteiger charge is 2.32. The average Bonchev–Trinajstić information content (AvgIpc) is 2.51. The number of nitrogens with one attached hydrogen (secondary N) is 2. The summed E-state index contributed by atoms with van der Waals surface area (Å²) in [6.07, 6.45) is -4.20. The van der Waals surface area contributed by atoms with Crippen LogP contribution in [0.5, 0.6) is 5.75 Å². The van der Waals surface area contributed by atoms with Gasteiger partial charge in [-0.3, -0.25) is 20.4 Å². The van der Waals surface area contributed by atoms with Crippen LogP contribution in [0.2, 0.25) is 5.02 Å². The summed E-state index contributed by atoms with van der Waals surface area (Å²) >= 11 is 5.61. The first-order valence-electron chi connectivity index (χ1n) is 6.31. The lowest BCUT2D eigenvalue weighted by atomic mass is 10.2. The van der Waals surface area contributed by atoms with Crippen LogP contribution in [0.1, 0.15) is 26.4 Å². The normalized spacial score (nSPS) is 11.0. The standard InChI is InChI=1S/C14H9ClF3N3O3/c15-9-5-7(14(16,17)18)6-19-11(9)13(24)21-20-12(23)8-3-1-2-4-10(8)22/h1-6,22H,(H,20,23)(H,21,24). The maximum atomic E-state index is 12.5. The Bertz CT molecular complexity index is 796. The first-order valence-corrected chi connectivity index (χ1v) is 6.69. The molecule has 1 aromatic heterocycles. The summed E-state index contributed by atoms with van der Waals surface area (Å²) in [4.78, 5) is 27.0. The van der Waals surface area contributed by atoms with E-state index >= 15 is 0 Å². The van der Waals surface area contributed by atoms with Crippen LogP contribution in [0, 0.1) is 0 Å². The average molecular weight is 360 g/mol. The first kappa shape index (κ1) is 17.5. The van der Waals surface area contributed by atoms with E-state index < -0.39 is 34.3 Å². The van der Waals surface area contributed by atoms with E-state index in [0.29, 0.717) is 12.3 Å². The molecular formula is C14H9ClF3N3O3. The summed E-state index contributed by atoms with van der Waals surface area (Å²) < 4.78 is 37.5. The van der Waals surface area contributed by atoms with Gasteiger partial charge in [-0.2, -0.15) is 13.2 Å². The van der Waals surface area contributed by atoms with Gasteiger partial charge < -0.3 is 5.11 Å². The Morgan fingerprint density at radius 1 is 1.12 bits per heavy atom. The van der Waals surface area contributed by atoms with E-state index in [9.17, 15) is 27.9 Å². The summed E-state index contributed by atoms with van der Waals surface area (Å²) in [5, 5.41) is 8.97. The lowest BCUT2D eigenvalue weighted by Crippen LogP contribution is -2.42. The van der Waals surface area contributed by atoms with Gasteiger partial charge in [0.1, 0.15) is 11.4 Å². The molecule has 2 amide bonds. The van der Waals surface area contributed by atoms with E-state index in [-0.39, 0.29) is 11.3 Å². The van der Waals surface area contributed by atoms with E-state index in [2.05, 4.69) is 4.98 Å². The number of rotatable bonds is 2. The topological polar surface area (TPSA) is 91.3 Å². The molecule has 0 radical (unpaired) electrons. The number of para-hydroxylation sites is 1. The van der Waals surface area contributed by atoms with Crippen LogP contribution >= 0.6 is 11.6 Å². The molecular weight excluding hydrogens is 351 g/mol. The van der Waals surface area contributed by atoms with Gasteiger partial charge >= 0.3 is 6.18 Å². The molecule has 3 N–H and O–H groups in total. The lowest BCUT2D eigenvalue weighted by molar-refractivity contribution is -0.137. The van der Waals surface area contributed by atoms with Gasteiger partial charge in [-0.1, -0.05) is 23.7 Å². The van der Waals surface area contributed by atoms with Crippen molar-refractivity contribution in [3.05, 3.63) is 58.4 Å². The summed E-state index contributed by atoms with van der Waals surface area (Å²) in [7, 11) is 0. The van der Waals surface area contributed by atoms with E-state index in [4.69, 9.17) is 11.6 Å². The zero-order chi connectivity index (χ0) is 17.9. The fourth-order valence-corrected chi connectivity index (χ4v) is 1.92. The molecule has 0 spiro atoms. The number of carbonyl (C=O) groups is 2. The van der Waals surface area contributed by atoms with Crippen LogP contribution in [0.15, 0.2) is 36.5 Å². The van der Waals surface area contributed by atoms with Crippen molar-refractivity contribution in [2.24, 2.45) is 0 Å². The Morgan fingerprint density at radius 3 is 2.33 bits per heavy atom. The van der Waals surface area contributed by atoms with Crippen molar-refractivity contribution in [2.45, 2.75) is 6.18 Å². The minimum Gasteiger partial charge on any atom is -0.507 e. The van der Waals surface area contributed by atoms with Crippen molar-refractivity contribution in [1.29, 1.82) is 0 Å². The maximum absolute atomic E-state index is 12.5. The zero-order valence-corrected chi connectivity index (χ0v) is 12.4. The highest BCUT2D eigenvalue weighted by atomic mass is 35.5. The van der Waals surface area contributed by atoms with Crippen molar-refractivity contribution in [1.82, 2.24) is 15.8 Å². The largest absolute Gasteiger partial charge is 0.507 e. The fourth-order valence-electron chi connectivity index (χ4n) is 1.67. The molecule has 0 aliphatic heterocycles. The number of hydrazine groups is 1. The van der Waals surface area contributed by atoms with Crippen molar-refractivity contribution in [2.75, 3.05) is 0 Å². The van der Waals surface area contributed by atoms with Crippen LogP contribution in [0.4, 0.5) is 13.2 Å². The number of pyridine rings is 1. The Labute approximate surface area is 138 Å². The van der Waals surface area contributed by atoms with Gasteiger partial charge in [0.05, 0.1) is 16.1 Å². The van der Waals surface area contributed by atoms with E-state index in [1.807, 2.05) is 10.9 Å². The Kier molecular flexibility index (Phi) is 4.93. The van der Waals surface area contributed by atoms with Crippen LogP contribution in [-0.2, 0) is 6.18 Å². The van der Waals surface area contributed by atoms with Crippen LogP contribution in [0.25, 0.3) is 0 Å². The second-order valence-electron chi connectivity index (χ2n) is 4.48. The number of benzene rings is 1. The van der Waals surface area contributed by atoms with Crippen molar-refractivity contribution in [3.63, 3.8) is 0 Å². The van der Waals surface area contributed by atoms with Gasteiger partial charge in [0.15, 0.2) is 0 Å². The number of aromatic hydroxyl groups is 1. The predicted octanol–water partition coefficient (Wildman–Crippen LogP) is 2.53. The fraction of sp³-hybridized carbons (Fsp3) is 0.0714. The van der Waals surface area contributed by atoms with Crippen molar-refractivity contribution < 1.29 is 27.9 Å². The highest BCUT2D eigenvalue weighted by molar-refractivity contribution is 6.33. The molecule has 24 heavy (non-hydrogen) atoms. The van der Waals surface area contributed by atoms with E-state index in [1.165, 1.54) is 24.3 Å². The number of phenolic OH excluding ortho intramolecular Hbond substituents is 1. The number of phenols is 1. The summed E-state index contributed by atoms with van der Waals surface area (Å²) in [5.74, 6) is -2.16. The molecule has 0 fully saturated rings. The third kappa shape index (κ3) is 3.93.